The van der Waals surface area contributed by atoms with Gasteiger partial charge >= 0.3 is 0 Å². The second-order valence-corrected chi connectivity index (χ2v) is 6.06. The number of ketones is 1. The molecule has 0 atom stereocenters. The number of carbonyl (C=O) groups excluding carboxylic acids is 1. The Kier molecular flexibility index (Phi) is 4.95. The van der Waals surface area contributed by atoms with Crippen LogP contribution >= 0.6 is 0 Å². The Balaban J connectivity index is 1.69. The first-order chi connectivity index (χ1) is 10.8. The first-order valence-corrected chi connectivity index (χ1v) is 8.13. The van der Waals surface area contributed by atoms with Gasteiger partial charge in [0, 0.05) is 58.7 Å². The van der Waals surface area contributed by atoms with Crippen molar-refractivity contribution in [1.29, 1.82) is 0 Å². The van der Waals surface area contributed by atoms with Crippen LogP contribution in [0, 0.1) is 0 Å². The van der Waals surface area contributed by atoms with Crippen LogP contribution in [0.3, 0.4) is 0 Å². The molecular formula is C17H25N3O2. The molecule has 3 rings (SSSR count). The zero-order chi connectivity index (χ0) is 15.4. The second kappa shape index (κ2) is 7.11. The van der Waals surface area contributed by atoms with Crippen molar-refractivity contribution >= 4 is 11.5 Å². The molecule has 0 unspecified atom stereocenters. The van der Waals surface area contributed by atoms with Crippen LogP contribution in [0.2, 0.25) is 0 Å². The number of methoxy groups -OCH3 is 1. The van der Waals surface area contributed by atoms with E-state index in [0.717, 1.165) is 51.6 Å². The zero-order valence-electron chi connectivity index (χ0n) is 13.3. The highest BCUT2D eigenvalue weighted by molar-refractivity contribution is 5.79. The molecule has 0 aromatic heterocycles. The molecule has 0 amide bonds. The van der Waals surface area contributed by atoms with Gasteiger partial charge in [0.15, 0.2) is 0 Å². The molecule has 0 bridgehead atoms. The number of anilines is 1. The smallest absolute Gasteiger partial charge is 0.142 e. The van der Waals surface area contributed by atoms with Crippen LogP contribution in [0.5, 0.6) is 5.75 Å². The first kappa shape index (κ1) is 15.3. The Morgan fingerprint density at radius 1 is 1.14 bits per heavy atom. The van der Waals surface area contributed by atoms with Crippen LogP contribution in [0.15, 0.2) is 18.2 Å². The van der Waals surface area contributed by atoms with Gasteiger partial charge in [-0.15, -0.1) is 0 Å². The van der Waals surface area contributed by atoms with Crippen molar-refractivity contribution in [3.8, 4) is 5.75 Å². The Labute approximate surface area is 132 Å². The molecule has 1 aromatic carbocycles. The predicted molar refractivity (Wildman–Crippen MR) is 87.6 cm³/mol. The van der Waals surface area contributed by atoms with Gasteiger partial charge in [-0.25, -0.2) is 0 Å². The van der Waals surface area contributed by atoms with E-state index in [1.54, 1.807) is 7.11 Å². The van der Waals surface area contributed by atoms with Crippen LogP contribution in [0.1, 0.15) is 18.4 Å². The average molecular weight is 303 g/mol. The van der Waals surface area contributed by atoms with Crippen LogP contribution in [0.4, 0.5) is 5.69 Å². The van der Waals surface area contributed by atoms with Gasteiger partial charge in [0.05, 0.1) is 12.8 Å². The molecule has 2 saturated heterocycles. The van der Waals surface area contributed by atoms with Crippen molar-refractivity contribution < 1.29 is 9.53 Å². The van der Waals surface area contributed by atoms with Crippen LogP contribution in [0.25, 0.3) is 0 Å². The zero-order valence-corrected chi connectivity index (χ0v) is 13.3. The lowest BCUT2D eigenvalue weighted by Gasteiger charge is -2.31. The number of benzene rings is 1. The molecule has 5 heteroatoms. The number of piperazine rings is 1. The van der Waals surface area contributed by atoms with Crippen molar-refractivity contribution in [2.24, 2.45) is 0 Å². The molecule has 0 saturated carbocycles. The normalized spacial score (nSPS) is 20.2. The number of piperidine rings is 1. The van der Waals surface area contributed by atoms with Crippen LogP contribution in [-0.4, -0.2) is 57.1 Å². The van der Waals surface area contributed by atoms with Crippen molar-refractivity contribution in [1.82, 2.24) is 10.2 Å². The van der Waals surface area contributed by atoms with Crippen LogP contribution < -0.4 is 15.0 Å². The fourth-order valence-corrected chi connectivity index (χ4v) is 3.21. The topological polar surface area (TPSA) is 44.8 Å². The molecule has 5 nitrogen and oxygen atoms in total. The molecule has 1 N–H and O–H groups in total. The number of hydrogen-bond donors (Lipinski definition) is 1. The van der Waals surface area contributed by atoms with E-state index in [-0.39, 0.29) is 0 Å². The van der Waals surface area contributed by atoms with Crippen molar-refractivity contribution in [2.45, 2.75) is 19.4 Å². The SMILES string of the molecule is COc1cc(CN2CCC(=O)CC2)ccc1N1CCNCC1. The molecule has 2 heterocycles. The van der Waals surface area contributed by atoms with Gasteiger partial charge < -0.3 is 15.0 Å². The van der Waals surface area contributed by atoms with Crippen molar-refractivity contribution in [3.05, 3.63) is 23.8 Å². The third-order valence-electron chi connectivity index (χ3n) is 4.52. The third-order valence-corrected chi connectivity index (χ3v) is 4.52. The highest BCUT2D eigenvalue weighted by Gasteiger charge is 2.18. The van der Waals surface area contributed by atoms with Crippen molar-refractivity contribution in [2.75, 3.05) is 51.3 Å². The molecule has 0 radical (unpaired) electrons. The molecule has 0 aliphatic carbocycles. The van der Waals surface area contributed by atoms with Gasteiger partial charge in [0.25, 0.3) is 0 Å². The molecule has 2 aliphatic heterocycles. The summed E-state index contributed by atoms with van der Waals surface area (Å²) < 4.78 is 5.61. The molecule has 0 spiro atoms. The van der Waals surface area contributed by atoms with Gasteiger partial charge in [-0.1, -0.05) is 6.07 Å². The van der Waals surface area contributed by atoms with E-state index >= 15 is 0 Å². The minimum absolute atomic E-state index is 0.392. The van der Waals surface area contributed by atoms with E-state index in [1.165, 1.54) is 11.3 Å². The summed E-state index contributed by atoms with van der Waals surface area (Å²) in [6.45, 7) is 6.72. The summed E-state index contributed by atoms with van der Waals surface area (Å²) in [6.07, 6.45) is 1.38. The minimum Gasteiger partial charge on any atom is -0.495 e. The first-order valence-electron chi connectivity index (χ1n) is 8.13. The average Bonchev–Trinajstić information content (AvgIpc) is 2.57. The lowest BCUT2D eigenvalue weighted by atomic mass is 10.1. The summed E-state index contributed by atoms with van der Waals surface area (Å²) in [5.41, 5.74) is 2.44. The number of Topliss-reactive ketones (excluding diaryl/α,β-unsaturated/α-hetero) is 1. The maximum Gasteiger partial charge on any atom is 0.142 e. The van der Waals surface area contributed by atoms with E-state index in [9.17, 15) is 4.79 Å². The van der Waals surface area contributed by atoms with E-state index in [2.05, 4.69) is 33.3 Å². The maximum atomic E-state index is 11.3. The summed E-state index contributed by atoms with van der Waals surface area (Å²) in [6, 6.07) is 6.51. The lowest BCUT2D eigenvalue weighted by Crippen LogP contribution is -2.43. The standard InChI is InChI=1S/C17H25N3O2/c1-22-17-12-14(13-19-8-4-15(21)5-9-19)2-3-16(17)20-10-6-18-7-11-20/h2-3,12,18H,4-11,13H2,1H3. The number of ether oxygens (including phenoxy) is 1. The van der Waals surface area contributed by atoms with Gasteiger partial charge in [0.1, 0.15) is 11.5 Å². The van der Waals surface area contributed by atoms with E-state index in [4.69, 9.17) is 4.74 Å². The van der Waals surface area contributed by atoms with Gasteiger partial charge in [-0.3, -0.25) is 9.69 Å². The Morgan fingerprint density at radius 2 is 1.86 bits per heavy atom. The number of carbonyl (C=O) groups is 1. The number of likely N-dealkylation sites (tertiary alicyclic amines) is 1. The summed E-state index contributed by atoms with van der Waals surface area (Å²) in [4.78, 5) is 16.0. The number of rotatable bonds is 4. The molecule has 1 aromatic rings. The largest absolute Gasteiger partial charge is 0.495 e. The van der Waals surface area contributed by atoms with Crippen LogP contribution in [-0.2, 0) is 11.3 Å². The lowest BCUT2D eigenvalue weighted by molar-refractivity contribution is -0.121. The number of hydrogen-bond acceptors (Lipinski definition) is 5. The quantitative estimate of drug-likeness (QED) is 0.907. The highest BCUT2D eigenvalue weighted by atomic mass is 16.5. The fraction of sp³-hybridized carbons (Fsp3) is 0.588. The Bertz CT molecular complexity index is 517. The van der Waals surface area contributed by atoms with Gasteiger partial charge in [0.2, 0.25) is 0 Å². The number of nitrogens with zero attached hydrogens (tertiary/aromatic N) is 2. The molecule has 120 valence electrons. The Hall–Kier alpha value is -1.59. The summed E-state index contributed by atoms with van der Waals surface area (Å²) in [7, 11) is 1.74. The minimum atomic E-state index is 0.392. The predicted octanol–water partition coefficient (Wildman–Crippen LogP) is 1.27. The van der Waals surface area contributed by atoms with E-state index < -0.39 is 0 Å². The summed E-state index contributed by atoms with van der Waals surface area (Å²) in [5, 5.41) is 3.37. The van der Waals surface area contributed by atoms with Gasteiger partial charge in [-0.05, 0) is 17.7 Å². The van der Waals surface area contributed by atoms with E-state index in [0.29, 0.717) is 18.6 Å². The molecular weight excluding hydrogens is 278 g/mol. The fourth-order valence-electron chi connectivity index (χ4n) is 3.21. The van der Waals surface area contributed by atoms with Gasteiger partial charge in [-0.2, -0.15) is 0 Å². The summed E-state index contributed by atoms with van der Waals surface area (Å²) >= 11 is 0. The Morgan fingerprint density at radius 3 is 2.55 bits per heavy atom. The molecule has 2 aliphatic rings. The second-order valence-electron chi connectivity index (χ2n) is 6.06. The van der Waals surface area contributed by atoms with Crippen molar-refractivity contribution in [3.63, 3.8) is 0 Å². The summed E-state index contributed by atoms with van der Waals surface area (Å²) in [5.74, 6) is 1.34. The maximum absolute atomic E-state index is 11.3. The highest BCUT2D eigenvalue weighted by Crippen LogP contribution is 2.30. The molecule has 22 heavy (non-hydrogen) atoms. The third kappa shape index (κ3) is 3.59. The number of nitrogens with one attached hydrogen (secondary N) is 1. The van der Waals surface area contributed by atoms with E-state index in [1.807, 2.05) is 0 Å². The monoisotopic (exact) mass is 303 g/mol. The molecule has 2 fully saturated rings.